The minimum absolute atomic E-state index is 0.125. The van der Waals surface area contributed by atoms with Crippen molar-refractivity contribution < 1.29 is 13.9 Å². The van der Waals surface area contributed by atoms with Crippen LogP contribution in [-0.2, 0) is 4.74 Å². The number of hydrogen-bond acceptors (Lipinski definition) is 6. The van der Waals surface area contributed by atoms with Gasteiger partial charge in [0.05, 0.1) is 25.0 Å². The van der Waals surface area contributed by atoms with Gasteiger partial charge in [-0.25, -0.2) is 9.38 Å². The topological polar surface area (TPSA) is 99.0 Å². The zero-order chi connectivity index (χ0) is 20.3. The van der Waals surface area contributed by atoms with Gasteiger partial charge in [0.1, 0.15) is 11.7 Å². The van der Waals surface area contributed by atoms with E-state index in [4.69, 9.17) is 20.9 Å². The molecule has 28 heavy (non-hydrogen) atoms. The number of halogens is 1. The van der Waals surface area contributed by atoms with Crippen LogP contribution in [0.3, 0.4) is 0 Å². The van der Waals surface area contributed by atoms with E-state index in [0.29, 0.717) is 54.8 Å². The number of benzene rings is 1. The summed E-state index contributed by atoms with van der Waals surface area (Å²) in [6.07, 6.45) is 1.43. The van der Waals surface area contributed by atoms with E-state index in [1.807, 2.05) is 18.7 Å². The van der Waals surface area contributed by atoms with Gasteiger partial charge in [-0.05, 0) is 50.4 Å². The maximum atomic E-state index is 14.8. The molecule has 1 aromatic heterocycles. The Kier molecular flexibility index (Phi) is 5.99. The van der Waals surface area contributed by atoms with E-state index in [-0.39, 0.29) is 17.8 Å². The minimum atomic E-state index is -0.317. The molecule has 1 aliphatic heterocycles. The lowest BCUT2D eigenvalue weighted by Gasteiger charge is -2.29. The zero-order valence-corrected chi connectivity index (χ0v) is 16.4. The van der Waals surface area contributed by atoms with E-state index >= 15 is 0 Å². The average molecular weight is 387 g/mol. The first kappa shape index (κ1) is 19.9. The van der Waals surface area contributed by atoms with Crippen LogP contribution in [-0.4, -0.2) is 43.2 Å². The van der Waals surface area contributed by atoms with Crippen LogP contribution < -0.4 is 21.1 Å². The number of aromatic nitrogens is 1. The first-order chi connectivity index (χ1) is 13.3. The van der Waals surface area contributed by atoms with Gasteiger partial charge in [0.2, 0.25) is 5.88 Å². The lowest BCUT2D eigenvalue weighted by Crippen LogP contribution is -2.36. The second kappa shape index (κ2) is 8.43. The number of hydrogen-bond donors (Lipinski definition) is 2. The van der Waals surface area contributed by atoms with Crippen LogP contribution in [0.1, 0.15) is 20.8 Å². The Balaban J connectivity index is 2.12. The van der Waals surface area contributed by atoms with Crippen LogP contribution in [0.2, 0.25) is 0 Å². The summed E-state index contributed by atoms with van der Waals surface area (Å²) in [5.74, 6) is 0.609. The maximum absolute atomic E-state index is 14.8. The van der Waals surface area contributed by atoms with Crippen molar-refractivity contribution in [2.45, 2.75) is 26.9 Å². The number of aliphatic imine (C=N–C) groups is 1. The first-order valence-electron chi connectivity index (χ1n) is 9.25. The van der Waals surface area contributed by atoms with Crippen LogP contribution in [0, 0.1) is 5.82 Å². The van der Waals surface area contributed by atoms with Crippen molar-refractivity contribution in [3.8, 4) is 5.88 Å². The predicted octanol–water partition coefficient (Wildman–Crippen LogP) is 2.85. The monoisotopic (exact) mass is 387 g/mol. The molecule has 0 atom stereocenters. The fraction of sp³-hybridized carbons (Fsp3) is 0.400. The number of fused-ring (bicyclic) bond motifs is 1. The smallest absolute Gasteiger partial charge is 0.223 e. The Morgan fingerprint density at radius 3 is 2.64 bits per heavy atom. The van der Waals surface area contributed by atoms with Gasteiger partial charge in [0, 0.05) is 24.2 Å². The Hall–Kier alpha value is -2.87. The van der Waals surface area contributed by atoms with Crippen molar-refractivity contribution in [1.29, 1.82) is 0 Å². The highest BCUT2D eigenvalue weighted by Crippen LogP contribution is 2.34. The summed E-state index contributed by atoms with van der Waals surface area (Å²) in [4.78, 5) is 10.7. The lowest BCUT2D eigenvalue weighted by atomic mass is 10.1. The lowest BCUT2D eigenvalue weighted by molar-refractivity contribution is 0.122. The maximum Gasteiger partial charge on any atom is 0.223 e. The molecule has 1 saturated heterocycles. The molecule has 1 aromatic carbocycles. The number of amidine groups is 1. The summed E-state index contributed by atoms with van der Waals surface area (Å²) in [6, 6.07) is 5.02. The van der Waals surface area contributed by atoms with Crippen molar-refractivity contribution in [3.63, 3.8) is 0 Å². The SMILES string of the molecule is C/C(N)=C/C(N)=N\c1cc2cc(N3CCOCC3)c(F)cc2c(OC(C)C)n1. The summed E-state index contributed by atoms with van der Waals surface area (Å²) in [5, 5.41) is 1.36. The highest BCUT2D eigenvalue weighted by Gasteiger charge is 2.18. The molecule has 8 heteroatoms. The molecule has 3 rings (SSSR count). The van der Waals surface area contributed by atoms with Crippen molar-refractivity contribution in [3.05, 3.63) is 35.8 Å². The molecule has 0 bridgehead atoms. The molecule has 1 fully saturated rings. The number of rotatable bonds is 5. The van der Waals surface area contributed by atoms with Crippen molar-refractivity contribution >= 4 is 28.1 Å². The zero-order valence-electron chi connectivity index (χ0n) is 16.4. The quantitative estimate of drug-likeness (QED) is 0.605. The summed E-state index contributed by atoms with van der Waals surface area (Å²) in [6.45, 7) is 7.93. The molecular weight excluding hydrogens is 361 g/mol. The second-order valence-electron chi connectivity index (χ2n) is 7.00. The summed E-state index contributed by atoms with van der Waals surface area (Å²) in [5.41, 5.74) is 12.6. The standard InChI is InChI=1S/C20H26FN5O2/c1-12(2)28-20-15-11-16(21)17(26-4-6-27-7-5-26)9-14(15)10-19(25-20)24-18(23)8-13(3)22/h8-12H,4-7,22H2,1-3H3,(H2,23,24,25)/b13-8-. The number of allylic oxidation sites excluding steroid dienone is 1. The highest BCUT2D eigenvalue weighted by molar-refractivity contribution is 5.95. The van der Waals surface area contributed by atoms with Gasteiger partial charge in [-0.2, -0.15) is 4.98 Å². The molecule has 0 radical (unpaired) electrons. The molecule has 0 amide bonds. The molecule has 4 N–H and O–H groups in total. The van der Waals surface area contributed by atoms with E-state index in [2.05, 4.69) is 9.98 Å². The van der Waals surface area contributed by atoms with E-state index in [9.17, 15) is 4.39 Å². The van der Waals surface area contributed by atoms with E-state index in [0.717, 1.165) is 5.39 Å². The minimum Gasteiger partial charge on any atom is -0.474 e. The normalized spacial score (nSPS) is 16.1. The molecular formula is C20H26FN5O2. The molecule has 0 unspecified atom stereocenters. The molecule has 2 heterocycles. The number of ether oxygens (including phenoxy) is 2. The summed E-state index contributed by atoms with van der Waals surface area (Å²) in [7, 11) is 0. The fourth-order valence-electron chi connectivity index (χ4n) is 3.03. The average Bonchev–Trinajstić information content (AvgIpc) is 2.61. The third kappa shape index (κ3) is 4.69. The van der Waals surface area contributed by atoms with E-state index < -0.39 is 0 Å². The molecule has 0 spiro atoms. The van der Waals surface area contributed by atoms with Crippen LogP contribution in [0.5, 0.6) is 5.88 Å². The second-order valence-corrected chi connectivity index (χ2v) is 7.00. The van der Waals surface area contributed by atoms with Crippen LogP contribution >= 0.6 is 0 Å². The molecule has 2 aromatic rings. The third-order valence-electron chi connectivity index (χ3n) is 4.17. The van der Waals surface area contributed by atoms with Gasteiger partial charge in [0.15, 0.2) is 5.82 Å². The number of morpholine rings is 1. The third-order valence-corrected chi connectivity index (χ3v) is 4.17. The van der Waals surface area contributed by atoms with Gasteiger partial charge in [-0.1, -0.05) is 0 Å². The fourth-order valence-corrected chi connectivity index (χ4v) is 3.03. The van der Waals surface area contributed by atoms with Crippen LogP contribution in [0.15, 0.2) is 35.0 Å². The molecule has 7 nitrogen and oxygen atoms in total. The van der Waals surface area contributed by atoms with E-state index in [1.165, 1.54) is 6.07 Å². The summed E-state index contributed by atoms with van der Waals surface area (Å²) >= 11 is 0. The number of pyridine rings is 1. The van der Waals surface area contributed by atoms with Crippen molar-refractivity contribution in [2.24, 2.45) is 16.5 Å². The largest absolute Gasteiger partial charge is 0.474 e. The Labute approximate surface area is 163 Å². The Bertz CT molecular complexity index is 916. The van der Waals surface area contributed by atoms with Crippen molar-refractivity contribution in [1.82, 2.24) is 4.98 Å². The molecule has 150 valence electrons. The van der Waals surface area contributed by atoms with Crippen molar-refractivity contribution in [2.75, 3.05) is 31.2 Å². The number of nitrogens with zero attached hydrogens (tertiary/aromatic N) is 3. The van der Waals surface area contributed by atoms with Gasteiger partial charge < -0.3 is 25.8 Å². The van der Waals surface area contributed by atoms with Gasteiger partial charge in [0.25, 0.3) is 0 Å². The van der Waals surface area contributed by atoms with Crippen LogP contribution in [0.25, 0.3) is 10.8 Å². The summed E-state index contributed by atoms with van der Waals surface area (Å²) < 4.78 is 26.0. The first-order valence-corrected chi connectivity index (χ1v) is 9.25. The Morgan fingerprint density at radius 2 is 2.00 bits per heavy atom. The Morgan fingerprint density at radius 1 is 1.29 bits per heavy atom. The molecule has 1 aliphatic rings. The molecule has 0 saturated carbocycles. The highest BCUT2D eigenvalue weighted by atomic mass is 19.1. The number of nitrogens with two attached hydrogens (primary N) is 2. The van der Waals surface area contributed by atoms with E-state index in [1.54, 1.807) is 25.1 Å². The van der Waals surface area contributed by atoms with Crippen LogP contribution in [0.4, 0.5) is 15.9 Å². The van der Waals surface area contributed by atoms with Gasteiger partial charge in [-0.3, -0.25) is 0 Å². The molecule has 0 aliphatic carbocycles. The van der Waals surface area contributed by atoms with Gasteiger partial charge in [-0.15, -0.1) is 0 Å². The predicted molar refractivity (Wildman–Crippen MR) is 110 cm³/mol. The van der Waals surface area contributed by atoms with Gasteiger partial charge >= 0.3 is 0 Å². The number of anilines is 1.